The molecule has 0 fully saturated rings. The third-order valence-corrected chi connectivity index (χ3v) is 8.14. The van der Waals surface area contributed by atoms with E-state index in [4.69, 9.17) is 0 Å². The highest BCUT2D eigenvalue weighted by Gasteiger charge is 2.35. The van der Waals surface area contributed by atoms with Gasteiger partial charge in [-0.1, -0.05) is 24.3 Å². The quantitative estimate of drug-likeness (QED) is 0.320. The number of alkyl halides is 3. The number of halogens is 3. The van der Waals surface area contributed by atoms with Crippen LogP contribution in [0.2, 0.25) is 0 Å². The number of hydrogen-bond donors (Lipinski definition) is 1. The van der Waals surface area contributed by atoms with Gasteiger partial charge in [-0.25, -0.2) is 23.1 Å². The maximum Gasteiger partial charge on any atom is 0.433 e. The molecule has 0 aliphatic rings. The largest absolute Gasteiger partial charge is 0.433 e. The van der Waals surface area contributed by atoms with Crippen molar-refractivity contribution in [2.24, 2.45) is 7.05 Å². The van der Waals surface area contributed by atoms with Crippen LogP contribution in [0.1, 0.15) is 24.2 Å². The Balaban J connectivity index is 1.48. The molecule has 38 heavy (non-hydrogen) atoms. The van der Waals surface area contributed by atoms with E-state index in [9.17, 15) is 31.2 Å². The smallest absolute Gasteiger partial charge is 0.320 e. The molecule has 1 N–H and O–H groups in total. The number of para-hydroxylation sites is 1. The number of aromatic nitrogens is 4. The van der Waals surface area contributed by atoms with Gasteiger partial charge in [0.2, 0.25) is 20.9 Å². The number of sulfone groups is 1. The third kappa shape index (κ3) is 5.70. The monoisotopic (exact) mass is 565 g/mol. The maximum absolute atomic E-state index is 13.4. The maximum atomic E-state index is 13.4. The Morgan fingerprint density at radius 3 is 2.45 bits per heavy atom. The van der Waals surface area contributed by atoms with E-state index in [0.29, 0.717) is 22.3 Å². The van der Waals surface area contributed by atoms with E-state index in [1.807, 2.05) is 0 Å². The summed E-state index contributed by atoms with van der Waals surface area (Å²) >= 11 is 1.11. The Labute approximate surface area is 219 Å². The molecule has 1 aromatic carbocycles. The average Bonchev–Trinajstić information content (AvgIpc) is 3.48. The molecule has 4 aromatic rings. The molecule has 0 saturated heterocycles. The van der Waals surface area contributed by atoms with Crippen molar-refractivity contribution in [1.29, 1.82) is 0 Å². The summed E-state index contributed by atoms with van der Waals surface area (Å²) in [6.45, 7) is 1.65. The summed E-state index contributed by atoms with van der Waals surface area (Å²) in [5.41, 5.74) is -0.869. The number of nitrogens with one attached hydrogen (secondary N) is 1. The second kappa shape index (κ2) is 10.5. The summed E-state index contributed by atoms with van der Waals surface area (Å²) in [6.07, 6.45) is -5.39. The number of hydrogen-bond acceptors (Lipinski definition) is 7. The summed E-state index contributed by atoms with van der Waals surface area (Å²) in [5, 5.41) is 3.19. The normalized spacial score (nSPS) is 12.0. The molecular weight excluding hydrogens is 543 g/mol. The summed E-state index contributed by atoms with van der Waals surface area (Å²) < 4.78 is 68.7. The second-order valence-electron chi connectivity index (χ2n) is 8.30. The molecule has 0 aliphatic heterocycles. The summed E-state index contributed by atoms with van der Waals surface area (Å²) in [5.74, 6) is -1.27. The highest BCUT2D eigenvalue weighted by Crippen LogP contribution is 2.32. The lowest BCUT2D eigenvalue weighted by Crippen LogP contribution is -2.23. The van der Waals surface area contributed by atoms with Gasteiger partial charge in [0.15, 0.2) is 0 Å². The second-order valence-corrected chi connectivity index (χ2v) is 11.3. The zero-order valence-corrected chi connectivity index (χ0v) is 21.8. The van der Waals surface area contributed by atoms with Gasteiger partial charge >= 0.3 is 6.18 Å². The van der Waals surface area contributed by atoms with Crippen LogP contribution in [-0.2, 0) is 27.9 Å². The van der Waals surface area contributed by atoms with Gasteiger partial charge in [-0.2, -0.15) is 13.2 Å². The van der Waals surface area contributed by atoms with E-state index in [0.717, 1.165) is 11.3 Å². The number of rotatable bonds is 8. The van der Waals surface area contributed by atoms with Gasteiger partial charge in [0.05, 0.1) is 27.7 Å². The van der Waals surface area contributed by atoms with Crippen molar-refractivity contribution < 1.29 is 26.4 Å². The van der Waals surface area contributed by atoms with Gasteiger partial charge in [0, 0.05) is 13.5 Å². The zero-order chi connectivity index (χ0) is 27.7. The molecule has 0 atom stereocenters. The Bertz CT molecular complexity index is 1630. The first-order valence-corrected chi connectivity index (χ1v) is 13.8. The van der Waals surface area contributed by atoms with E-state index < -0.39 is 44.1 Å². The molecule has 0 saturated carbocycles. The number of anilines is 1. The van der Waals surface area contributed by atoms with Gasteiger partial charge < -0.3 is 5.32 Å². The average molecular weight is 566 g/mol. The Morgan fingerprint density at radius 2 is 1.82 bits per heavy atom. The highest BCUT2D eigenvalue weighted by molar-refractivity contribution is 7.91. The molecule has 0 spiro atoms. The molecule has 1 amide bonds. The van der Waals surface area contributed by atoms with E-state index in [1.54, 1.807) is 60.4 Å². The number of benzene rings is 1. The highest BCUT2D eigenvalue weighted by atomic mass is 32.2. The van der Waals surface area contributed by atoms with Crippen molar-refractivity contribution >= 4 is 32.8 Å². The predicted octanol–water partition coefficient (Wildman–Crippen LogP) is 4.21. The van der Waals surface area contributed by atoms with E-state index in [-0.39, 0.29) is 24.2 Å². The lowest BCUT2D eigenvalue weighted by Gasteiger charge is -2.10. The lowest BCUT2D eigenvalue weighted by molar-refractivity contribution is -0.141. The molecule has 0 unspecified atom stereocenters. The predicted molar refractivity (Wildman–Crippen MR) is 136 cm³/mol. The number of amides is 1. The van der Waals surface area contributed by atoms with Gasteiger partial charge in [-0.05, 0) is 43.0 Å². The molecule has 9 nitrogen and oxygen atoms in total. The van der Waals surface area contributed by atoms with Crippen LogP contribution >= 0.6 is 11.3 Å². The van der Waals surface area contributed by atoms with Crippen LogP contribution in [0.25, 0.3) is 16.3 Å². The van der Waals surface area contributed by atoms with Crippen molar-refractivity contribution in [2.75, 3.05) is 11.1 Å². The van der Waals surface area contributed by atoms with E-state index in [2.05, 4.69) is 15.3 Å². The molecule has 200 valence electrons. The molecule has 3 aromatic heterocycles. The van der Waals surface area contributed by atoms with Crippen molar-refractivity contribution in [3.8, 4) is 16.3 Å². The summed E-state index contributed by atoms with van der Waals surface area (Å²) in [7, 11) is -2.69. The minimum Gasteiger partial charge on any atom is -0.320 e. The fourth-order valence-corrected chi connectivity index (χ4v) is 5.56. The summed E-state index contributed by atoms with van der Waals surface area (Å²) in [4.78, 5) is 32.9. The molecule has 0 aliphatic carbocycles. The van der Waals surface area contributed by atoms with Crippen LogP contribution in [0.5, 0.6) is 0 Å². The Kier molecular flexibility index (Phi) is 7.56. The molecule has 4 rings (SSSR count). The van der Waals surface area contributed by atoms with Gasteiger partial charge in [0.1, 0.15) is 11.4 Å². The molecule has 14 heteroatoms. The van der Waals surface area contributed by atoms with Crippen LogP contribution in [0, 0.1) is 6.92 Å². The SMILES string of the molecule is Cc1c(NC(=O)CCCS(=O)(=O)c2nc(-c3cccs3)cc(C(F)(F)F)n2)c(=O)n(-c2ccccc2)n1C. The Hall–Kier alpha value is -3.78. The van der Waals surface area contributed by atoms with Crippen LogP contribution in [0.15, 0.2) is 63.9 Å². The first kappa shape index (κ1) is 27.3. The molecule has 3 heterocycles. The van der Waals surface area contributed by atoms with Crippen molar-refractivity contribution in [2.45, 2.75) is 31.1 Å². The fourth-order valence-electron chi connectivity index (χ4n) is 3.69. The van der Waals surface area contributed by atoms with Crippen LogP contribution < -0.4 is 10.9 Å². The van der Waals surface area contributed by atoms with Crippen LogP contribution in [0.3, 0.4) is 0 Å². The third-order valence-electron chi connectivity index (χ3n) is 5.68. The number of carbonyl (C=O) groups is 1. The molecule has 0 radical (unpaired) electrons. The minimum absolute atomic E-state index is 0.0472. The molecular formula is C24H22F3N5O4S2. The van der Waals surface area contributed by atoms with Crippen molar-refractivity contribution in [3.05, 3.63) is 75.7 Å². The first-order chi connectivity index (χ1) is 17.9. The number of thiophene rings is 1. The van der Waals surface area contributed by atoms with Crippen LogP contribution in [0.4, 0.5) is 18.9 Å². The van der Waals surface area contributed by atoms with Crippen molar-refractivity contribution in [1.82, 2.24) is 19.3 Å². The Morgan fingerprint density at radius 1 is 1.11 bits per heavy atom. The number of carbonyl (C=O) groups excluding carboxylic acids is 1. The fraction of sp³-hybridized carbons (Fsp3) is 0.250. The van der Waals surface area contributed by atoms with Gasteiger partial charge in [-0.15, -0.1) is 11.3 Å². The lowest BCUT2D eigenvalue weighted by atomic mass is 10.3. The summed E-state index contributed by atoms with van der Waals surface area (Å²) in [6, 6.07) is 12.6. The first-order valence-electron chi connectivity index (χ1n) is 11.3. The minimum atomic E-state index is -4.88. The van der Waals surface area contributed by atoms with Crippen molar-refractivity contribution in [3.63, 3.8) is 0 Å². The van der Waals surface area contributed by atoms with E-state index >= 15 is 0 Å². The van der Waals surface area contributed by atoms with Crippen LogP contribution in [-0.4, -0.2) is 39.4 Å². The van der Waals surface area contributed by atoms with Gasteiger partial charge in [0.25, 0.3) is 5.56 Å². The van der Waals surface area contributed by atoms with Gasteiger partial charge in [-0.3, -0.25) is 14.3 Å². The van der Waals surface area contributed by atoms with E-state index in [1.165, 1.54) is 10.7 Å². The standard InChI is InChI=1S/C24H22F3N5O4S2/c1-15-21(22(34)32(31(15)2)16-8-4-3-5-9-16)30-20(33)11-7-13-38(35,36)23-28-17(18-10-6-12-37-18)14-19(29-23)24(25,26)27/h3-6,8-10,12,14H,7,11,13H2,1-2H3,(H,30,33). The topological polar surface area (TPSA) is 116 Å². The molecule has 0 bridgehead atoms. The zero-order valence-electron chi connectivity index (χ0n) is 20.2. The number of nitrogens with zero attached hydrogens (tertiary/aromatic N) is 4.